The van der Waals surface area contributed by atoms with Crippen molar-refractivity contribution in [2.45, 2.75) is 18.9 Å². The van der Waals surface area contributed by atoms with E-state index in [1.165, 1.54) is 12.3 Å². The number of amides is 2. The molecule has 0 aliphatic carbocycles. The molecule has 1 aromatic heterocycles. The fourth-order valence-electron chi connectivity index (χ4n) is 2.26. The molecule has 1 aliphatic heterocycles. The number of aromatic nitrogens is 2. The lowest BCUT2D eigenvalue weighted by molar-refractivity contribution is 0.120. The zero-order valence-corrected chi connectivity index (χ0v) is 13.0. The third-order valence-corrected chi connectivity index (χ3v) is 3.95. The van der Waals surface area contributed by atoms with Crippen LogP contribution in [0.25, 0.3) is 0 Å². The number of nitrogens with zero attached hydrogens (tertiary/aromatic N) is 2. The maximum atomic E-state index is 14.1. The summed E-state index contributed by atoms with van der Waals surface area (Å²) in [6, 6.07) is 4.01. The van der Waals surface area contributed by atoms with Gasteiger partial charge in [0, 0.05) is 30.4 Å². The molecule has 1 unspecified atom stereocenters. The van der Waals surface area contributed by atoms with E-state index in [-0.39, 0.29) is 6.10 Å². The van der Waals surface area contributed by atoms with E-state index in [0.717, 1.165) is 31.0 Å². The predicted octanol–water partition coefficient (Wildman–Crippen LogP) is 2.91. The van der Waals surface area contributed by atoms with Crippen molar-refractivity contribution in [3.8, 4) is 0 Å². The Morgan fingerprint density at radius 3 is 3.04 bits per heavy atom. The molecule has 0 saturated carbocycles. The fraction of sp³-hybridized carbons (Fsp3) is 0.357. The lowest BCUT2D eigenvalue weighted by Gasteiger charge is -2.13. The minimum absolute atomic E-state index is 0.131. The van der Waals surface area contributed by atoms with E-state index >= 15 is 0 Å². The molecule has 1 atom stereocenters. The van der Waals surface area contributed by atoms with Crippen LogP contribution in [0.5, 0.6) is 0 Å². The monoisotopic (exact) mass is 337 g/mol. The number of anilines is 3. The van der Waals surface area contributed by atoms with Crippen LogP contribution in [-0.4, -0.2) is 34.9 Å². The molecule has 1 saturated heterocycles. The normalized spacial score (nSPS) is 17.0. The Bertz CT molecular complexity index is 661. The van der Waals surface area contributed by atoms with E-state index in [0.29, 0.717) is 22.9 Å². The highest BCUT2D eigenvalue weighted by atomic mass is 32.1. The van der Waals surface area contributed by atoms with Crippen LogP contribution in [-0.2, 0) is 4.74 Å². The van der Waals surface area contributed by atoms with Gasteiger partial charge in [0.15, 0.2) is 0 Å². The molecule has 2 heterocycles. The van der Waals surface area contributed by atoms with Gasteiger partial charge in [-0.2, -0.15) is 0 Å². The molecular formula is C14H16FN5O2S. The molecular weight excluding hydrogens is 321 g/mol. The summed E-state index contributed by atoms with van der Waals surface area (Å²) in [5, 5.41) is 12.3. The summed E-state index contributed by atoms with van der Waals surface area (Å²) in [4.78, 5) is 11.8. The van der Waals surface area contributed by atoms with Gasteiger partial charge in [-0.05, 0) is 31.0 Å². The molecule has 3 N–H and O–H groups in total. The lowest BCUT2D eigenvalue weighted by Crippen LogP contribution is -2.20. The van der Waals surface area contributed by atoms with E-state index < -0.39 is 11.8 Å². The molecule has 1 aromatic carbocycles. The van der Waals surface area contributed by atoms with E-state index in [1.807, 2.05) is 0 Å². The van der Waals surface area contributed by atoms with Gasteiger partial charge in [-0.25, -0.2) is 9.18 Å². The second kappa shape index (κ2) is 7.34. The van der Waals surface area contributed by atoms with Crippen molar-refractivity contribution in [1.29, 1.82) is 0 Å². The van der Waals surface area contributed by atoms with E-state index in [1.54, 1.807) is 12.1 Å². The van der Waals surface area contributed by atoms with Gasteiger partial charge in [0.05, 0.1) is 18.0 Å². The van der Waals surface area contributed by atoms with Crippen molar-refractivity contribution < 1.29 is 13.9 Å². The molecule has 23 heavy (non-hydrogen) atoms. The van der Waals surface area contributed by atoms with Gasteiger partial charge < -0.3 is 15.4 Å². The molecule has 0 radical (unpaired) electrons. The molecule has 122 valence electrons. The molecule has 3 rings (SSSR count). The molecule has 0 bridgehead atoms. The number of urea groups is 1. The summed E-state index contributed by atoms with van der Waals surface area (Å²) in [5.41, 5.74) is 0.748. The first kappa shape index (κ1) is 15.6. The first-order valence-corrected chi connectivity index (χ1v) is 7.98. The Morgan fingerprint density at radius 1 is 1.43 bits per heavy atom. The molecule has 1 aliphatic rings. The summed E-state index contributed by atoms with van der Waals surface area (Å²) >= 11 is 1.06. The van der Waals surface area contributed by atoms with E-state index in [2.05, 4.69) is 25.5 Å². The predicted molar refractivity (Wildman–Crippen MR) is 86.4 cm³/mol. The van der Waals surface area contributed by atoms with Crippen molar-refractivity contribution in [3.05, 3.63) is 30.2 Å². The van der Waals surface area contributed by atoms with Crippen LogP contribution in [0.15, 0.2) is 24.4 Å². The number of hydrogen-bond donors (Lipinski definition) is 3. The molecule has 0 spiro atoms. The SMILES string of the molecule is O=C(Nc1ccc(NCC2CCCO2)c(F)c1)Nc1cnns1. The fourth-order valence-corrected chi connectivity index (χ4v) is 2.68. The first-order chi connectivity index (χ1) is 11.2. The maximum absolute atomic E-state index is 14.1. The number of ether oxygens (including phenoxy) is 1. The minimum atomic E-state index is -0.476. The van der Waals surface area contributed by atoms with E-state index in [4.69, 9.17) is 4.74 Å². The van der Waals surface area contributed by atoms with Crippen LogP contribution in [0.4, 0.5) is 25.6 Å². The second-order valence-electron chi connectivity index (χ2n) is 5.07. The summed E-state index contributed by atoms with van der Waals surface area (Å²) < 4.78 is 23.2. The van der Waals surface area contributed by atoms with Crippen molar-refractivity contribution in [2.24, 2.45) is 0 Å². The van der Waals surface area contributed by atoms with Crippen molar-refractivity contribution in [3.63, 3.8) is 0 Å². The zero-order chi connectivity index (χ0) is 16.1. The van der Waals surface area contributed by atoms with Crippen LogP contribution in [0.3, 0.4) is 0 Å². The first-order valence-electron chi connectivity index (χ1n) is 7.21. The molecule has 7 nitrogen and oxygen atoms in total. The van der Waals surface area contributed by atoms with Gasteiger partial charge in [0.2, 0.25) is 0 Å². The highest BCUT2D eigenvalue weighted by Gasteiger charge is 2.15. The van der Waals surface area contributed by atoms with Gasteiger partial charge in [0.25, 0.3) is 0 Å². The number of rotatable bonds is 5. The number of hydrogen-bond acceptors (Lipinski definition) is 6. The number of halogens is 1. The number of nitrogens with one attached hydrogen (secondary N) is 3. The van der Waals surface area contributed by atoms with Crippen LogP contribution in [0.2, 0.25) is 0 Å². The lowest BCUT2D eigenvalue weighted by atomic mass is 10.2. The number of carbonyl (C=O) groups excluding carboxylic acids is 1. The van der Waals surface area contributed by atoms with Crippen LogP contribution >= 0.6 is 11.5 Å². The maximum Gasteiger partial charge on any atom is 0.324 e. The van der Waals surface area contributed by atoms with Gasteiger partial charge >= 0.3 is 6.03 Å². The molecule has 2 amide bonds. The summed E-state index contributed by atoms with van der Waals surface area (Å²) in [5.74, 6) is -0.430. The Morgan fingerprint density at radius 2 is 2.35 bits per heavy atom. The summed E-state index contributed by atoms with van der Waals surface area (Å²) in [6.07, 6.45) is 3.59. The van der Waals surface area contributed by atoms with Gasteiger partial charge in [0.1, 0.15) is 10.8 Å². The smallest absolute Gasteiger partial charge is 0.324 e. The van der Waals surface area contributed by atoms with Gasteiger partial charge in [-0.3, -0.25) is 5.32 Å². The van der Waals surface area contributed by atoms with E-state index in [9.17, 15) is 9.18 Å². The van der Waals surface area contributed by atoms with Gasteiger partial charge in [-0.1, -0.05) is 4.49 Å². The Kier molecular flexibility index (Phi) is 4.99. The van der Waals surface area contributed by atoms with Crippen LogP contribution in [0.1, 0.15) is 12.8 Å². The summed E-state index contributed by atoms with van der Waals surface area (Å²) in [7, 11) is 0. The third-order valence-electron chi connectivity index (χ3n) is 3.37. The Labute approximate surface area is 136 Å². The van der Waals surface area contributed by atoms with Crippen molar-refractivity contribution in [1.82, 2.24) is 9.59 Å². The summed E-state index contributed by atoms with van der Waals surface area (Å²) in [6.45, 7) is 1.34. The largest absolute Gasteiger partial charge is 0.380 e. The number of carbonyl (C=O) groups is 1. The third kappa shape index (κ3) is 4.36. The van der Waals surface area contributed by atoms with Crippen molar-refractivity contribution >= 4 is 33.9 Å². The Hall–Kier alpha value is -2.26. The van der Waals surface area contributed by atoms with Crippen LogP contribution < -0.4 is 16.0 Å². The quantitative estimate of drug-likeness (QED) is 0.781. The second-order valence-corrected chi connectivity index (χ2v) is 5.86. The molecule has 1 fully saturated rings. The average molecular weight is 337 g/mol. The van der Waals surface area contributed by atoms with Crippen LogP contribution in [0, 0.1) is 5.82 Å². The average Bonchev–Trinajstić information content (AvgIpc) is 3.19. The highest BCUT2D eigenvalue weighted by molar-refractivity contribution is 7.10. The topological polar surface area (TPSA) is 88.2 Å². The Balaban J connectivity index is 1.54. The minimum Gasteiger partial charge on any atom is -0.380 e. The standard InChI is InChI=1S/C14H16FN5O2S/c15-11-6-9(18-14(21)19-13-8-17-20-23-13)3-4-12(11)16-7-10-2-1-5-22-10/h3-4,6,8,10,16H,1-2,5,7H2,(H2,18,19,21). The molecule has 2 aromatic rings. The zero-order valence-electron chi connectivity index (χ0n) is 12.2. The highest BCUT2D eigenvalue weighted by Crippen LogP contribution is 2.21. The van der Waals surface area contributed by atoms with Crippen molar-refractivity contribution in [2.75, 3.05) is 29.1 Å². The molecule has 9 heteroatoms. The van der Waals surface area contributed by atoms with Gasteiger partial charge in [-0.15, -0.1) is 5.10 Å². The number of benzene rings is 1.